The van der Waals surface area contributed by atoms with E-state index in [1.165, 1.54) is 29.6 Å². The molecule has 1 aromatic carbocycles. The number of rotatable bonds is 4. The van der Waals surface area contributed by atoms with Crippen molar-refractivity contribution in [1.82, 2.24) is 9.97 Å². The van der Waals surface area contributed by atoms with Crippen molar-refractivity contribution in [3.63, 3.8) is 0 Å². The fourth-order valence-electron chi connectivity index (χ4n) is 1.41. The van der Waals surface area contributed by atoms with Crippen molar-refractivity contribution in [2.45, 2.75) is 16.5 Å². The first-order valence-electron chi connectivity index (χ1n) is 5.30. The first-order valence-corrected chi connectivity index (χ1v) is 6.12. The third kappa shape index (κ3) is 3.44. The minimum absolute atomic E-state index is 0.137. The molecule has 1 aromatic heterocycles. The summed E-state index contributed by atoms with van der Waals surface area (Å²) in [6.07, 6.45) is 2.38. The van der Waals surface area contributed by atoms with Crippen LogP contribution in [0, 0.1) is 0 Å². The molecule has 0 fully saturated rings. The number of H-pyrrole nitrogens is 1. The molecule has 0 spiro atoms. The number of nitrogens with two attached hydrogens (primary N) is 1. The minimum atomic E-state index is -0.137. The number of nitrogens with one attached hydrogen (secondary N) is 1. The monoisotopic (exact) mass is 247 g/mol. The first-order chi connectivity index (χ1) is 8.28. The number of nitrogens with zero attached hydrogens (tertiary/aromatic N) is 1. The highest BCUT2D eigenvalue weighted by molar-refractivity contribution is 7.99. The molecule has 88 valence electrons. The van der Waals surface area contributed by atoms with Crippen molar-refractivity contribution < 1.29 is 0 Å². The number of hydrogen-bond acceptors (Lipinski definition) is 4. The Bertz CT molecular complexity index is 536. The topological polar surface area (TPSA) is 71.8 Å². The lowest BCUT2D eigenvalue weighted by Crippen LogP contribution is -2.05. The van der Waals surface area contributed by atoms with Crippen LogP contribution in [0.5, 0.6) is 0 Å². The Morgan fingerprint density at radius 1 is 1.24 bits per heavy atom. The number of aromatic nitrogens is 2. The molecule has 0 aliphatic rings. The van der Waals surface area contributed by atoms with Gasteiger partial charge in [-0.25, -0.2) is 4.98 Å². The van der Waals surface area contributed by atoms with Crippen LogP contribution >= 0.6 is 11.8 Å². The molecule has 0 aliphatic carbocycles. The molecule has 2 aromatic rings. The van der Waals surface area contributed by atoms with Crippen LogP contribution in [0.2, 0.25) is 0 Å². The van der Waals surface area contributed by atoms with Gasteiger partial charge in [0.05, 0.1) is 0 Å². The fourth-order valence-corrected chi connectivity index (χ4v) is 2.17. The lowest BCUT2D eigenvalue weighted by molar-refractivity contribution is 0.936. The maximum absolute atomic E-state index is 11.1. The van der Waals surface area contributed by atoms with E-state index in [-0.39, 0.29) is 5.56 Å². The third-order valence-corrected chi connectivity index (χ3v) is 3.13. The summed E-state index contributed by atoms with van der Waals surface area (Å²) in [6, 6.07) is 9.48. The molecule has 5 heteroatoms. The average molecular weight is 247 g/mol. The summed E-state index contributed by atoms with van der Waals surface area (Å²) in [5.41, 5.74) is 6.56. The molecular weight excluding hydrogens is 234 g/mol. The Morgan fingerprint density at radius 2 is 2.00 bits per heavy atom. The lowest BCUT2D eigenvalue weighted by Gasteiger charge is -2.02. The van der Waals surface area contributed by atoms with E-state index in [0.29, 0.717) is 11.7 Å². The standard InChI is InChI=1S/C12H13N3OS/c13-7-5-9-1-3-10(4-2-9)17-12-14-8-6-11(16)15-12/h1-4,6,8H,5,7,13H2,(H,14,15,16). The van der Waals surface area contributed by atoms with Crippen molar-refractivity contribution in [1.29, 1.82) is 0 Å². The highest BCUT2D eigenvalue weighted by Gasteiger charge is 1.99. The molecule has 0 amide bonds. The summed E-state index contributed by atoms with van der Waals surface area (Å²) in [7, 11) is 0. The normalized spacial score (nSPS) is 10.4. The fraction of sp³-hybridized carbons (Fsp3) is 0.167. The van der Waals surface area contributed by atoms with E-state index in [1.54, 1.807) is 0 Å². The molecule has 17 heavy (non-hydrogen) atoms. The van der Waals surface area contributed by atoms with Gasteiger partial charge >= 0.3 is 0 Å². The van der Waals surface area contributed by atoms with Crippen molar-refractivity contribution >= 4 is 11.8 Å². The number of aromatic amines is 1. The summed E-state index contributed by atoms with van der Waals surface area (Å²) in [5, 5.41) is 0.601. The van der Waals surface area contributed by atoms with E-state index in [2.05, 4.69) is 9.97 Å². The second kappa shape index (κ2) is 5.65. The molecule has 0 saturated carbocycles. The Balaban J connectivity index is 2.11. The van der Waals surface area contributed by atoms with Gasteiger partial charge in [0.25, 0.3) is 5.56 Å². The highest BCUT2D eigenvalue weighted by Crippen LogP contribution is 2.23. The number of benzene rings is 1. The molecule has 0 bridgehead atoms. The van der Waals surface area contributed by atoms with E-state index in [9.17, 15) is 4.79 Å². The van der Waals surface area contributed by atoms with Crippen LogP contribution in [-0.4, -0.2) is 16.5 Å². The molecular formula is C12H13N3OS. The molecule has 0 aliphatic heterocycles. The van der Waals surface area contributed by atoms with E-state index in [0.717, 1.165) is 11.3 Å². The zero-order valence-electron chi connectivity index (χ0n) is 9.22. The van der Waals surface area contributed by atoms with Gasteiger partial charge in [-0.15, -0.1) is 0 Å². The zero-order valence-corrected chi connectivity index (χ0v) is 10.0. The molecule has 0 saturated heterocycles. The Labute approximate surface area is 103 Å². The van der Waals surface area contributed by atoms with Gasteiger partial charge in [-0.1, -0.05) is 23.9 Å². The average Bonchev–Trinajstić information content (AvgIpc) is 2.32. The molecule has 1 heterocycles. The van der Waals surface area contributed by atoms with Crippen LogP contribution in [0.25, 0.3) is 0 Å². The van der Waals surface area contributed by atoms with Crippen LogP contribution in [0.3, 0.4) is 0 Å². The van der Waals surface area contributed by atoms with Crippen LogP contribution < -0.4 is 11.3 Å². The van der Waals surface area contributed by atoms with Crippen molar-refractivity contribution in [3.05, 3.63) is 52.4 Å². The summed E-state index contributed by atoms with van der Waals surface area (Å²) in [6.45, 7) is 0.653. The maximum atomic E-state index is 11.1. The Hall–Kier alpha value is -1.59. The van der Waals surface area contributed by atoms with Crippen LogP contribution in [0.4, 0.5) is 0 Å². The SMILES string of the molecule is NCCc1ccc(Sc2nccc(=O)[nH]2)cc1. The van der Waals surface area contributed by atoms with Crippen LogP contribution in [0.15, 0.2) is 51.4 Å². The van der Waals surface area contributed by atoms with Crippen molar-refractivity contribution in [3.8, 4) is 0 Å². The molecule has 3 N–H and O–H groups in total. The van der Waals surface area contributed by atoms with Gasteiger partial charge in [0.15, 0.2) is 5.16 Å². The Kier molecular flexibility index (Phi) is 3.95. The zero-order chi connectivity index (χ0) is 12.1. The summed E-state index contributed by atoms with van der Waals surface area (Å²) in [5.74, 6) is 0. The predicted octanol–water partition coefficient (Wildman–Crippen LogP) is 1.42. The van der Waals surface area contributed by atoms with Gasteiger partial charge in [-0.3, -0.25) is 4.79 Å². The summed E-state index contributed by atoms with van der Waals surface area (Å²) < 4.78 is 0. The predicted molar refractivity (Wildman–Crippen MR) is 68.2 cm³/mol. The van der Waals surface area contributed by atoms with Gasteiger partial charge in [-0.05, 0) is 30.7 Å². The second-order valence-corrected chi connectivity index (χ2v) is 4.59. The minimum Gasteiger partial charge on any atom is -0.330 e. The van der Waals surface area contributed by atoms with Gasteiger partial charge < -0.3 is 10.7 Å². The summed E-state index contributed by atoms with van der Waals surface area (Å²) >= 11 is 1.43. The first kappa shape index (κ1) is 11.9. The second-order valence-electron chi connectivity index (χ2n) is 3.52. The maximum Gasteiger partial charge on any atom is 0.251 e. The highest BCUT2D eigenvalue weighted by atomic mass is 32.2. The van der Waals surface area contributed by atoms with Gasteiger partial charge in [0.1, 0.15) is 0 Å². The van der Waals surface area contributed by atoms with E-state index in [4.69, 9.17) is 5.73 Å². The van der Waals surface area contributed by atoms with Crippen molar-refractivity contribution in [2.75, 3.05) is 6.54 Å². The van der Waals surface area contributed by atoms with Crippen LogP contribution in [-0.2, 0) is 6.42 Å². The smallest absolute Gasteiger partial charge is 0.251 e. The largest absolute Gasteiger partial charge is 0.330 e. The van der Waals surface area contributed by atoms with Crippen LogP contribution in [0.1, 0.15) is 5.56 Å². The molecule has 0 radical (unpaired) electrons. The molecule has 0 unspecified atom stereocenters. The quantitative estimate of drug-likeness (QED) is 0.802. The Morgan fingerprint density at radius 3 is 2.65 bits per heavy atom. The molecule has 2 rings (SSSR count). The third-order valence-electron chi connectivity index (χ3n) is 2.22. The van der Waals surface area contributed by atoms with E-state index >= 15 is 0 Å². The lowest BCUT2D eigenvalue weighted by atomic mass is 10.2. The van der Waals surface area contributed by atoms with E-state index < -0.39 is 0 Å². The van der Waals surface area contributed by atoms with Crippen molar-refractivity contribution in [2.24, 2.45) is 5.73 Å². The van der Waals surface area contributed by atoms with E-state index in [1.807, 2.05) is 24.3 Å². The molecule has 4 nitrogen and oxygen atoms in total. The van der Waals surface area contributed by atoms with Gasteiger partial charge in [-0.2, -0.15) is 0 Å². The van der Waals surface area contributed by atoms with Gasteiger partial charge in [0, 0.05) is 17.2 Å². The summed E-state index contributed by atoms with van der Waals surface area (Å²) in [4.78, 5) is 18.9. The number of hydrogen-bond donors (Lipinski definition) is 2. The molecule has 0 atom stereocenters. The van der Waals surface area contributed by atoms with Gasteiger partial charge in [0.2, 0.25) is 0 Å².